The molecule has 0 aliphatic carbocycles. The number of ketones is 1. The van der Waals surface area contributed by atoms with Crippen LogP contribution >= 0.6 is 0 Å². The van der Waals surface area contributed by atoms with Crippen molar-refractivity contribution in [1.82, 2.24) is 20.9 Å². The molecule has 0 aromatic carbocycles. The maximum Gasteiger partial charge on any atom is 0.234 e. The number of hydrogen-bond donors (Lipinski definition) is 7. The van der Waals surface area contributed by atoms with Crippen LogP contribution in [0.1, 0.15) is 40.0 Å². The first-order chi connectivity index (χ1) is 22.8. The molecule has 48 heavy (non-hydrogen) atoms. The number of ether oxygens (including phenoxy) is 6. The second-order valence-corrected chi connectivity index (χ2v) is 11.8. The summed E-state index contributed by atoms with van der Waals surface area (Å²) in [7, 11) is 0. The first kappa shape index (κ1) is 41.8. The molecule has 0 saturated carbocycles. The quantitative estimate of drug-likeness (QED) is 0.0511. The zero-order chi connectivity index (χ0) is 35.5. The van der Waals surface area contributed by atoms with Crippen molar-refractivity contribution in [3.05, 3.63) is 0 Å². The third kappa shape index (κ3) is 17.3. The summed E-state index contributed by atoms with van der Waals surface area (Å²) in [6.45, 7) is 5.39. The van der Waals surface area contributed by atoms with Crippen LogP contribution in [-0.2, 0) is 47.6 Å². The minimum atomic E-state index is -1.22. The number of aliphatic hydroxyl groups is 4. The number of carbonyl (C=O) groups is 4. The lowest BCUT2D eigenvalue weighted by Gasteiger charge is -2.35. The zero-order valence-corrected chi connectivity index (χ0v) is 28.0. The highest BCUT2D eigenvalue weighted by Crippen LogP contribution is 2.21. The highest BCUT2D eigenvalue weighted by atomic mass is 16.7. The molecule has 7 N–H and O–H groups in total. The Morgan fingerprint density at radius 2 is 1.04 bits per heavy atom. The topological polar surface area (TPSA) is 244 Å². The van der Waals surface area contributed by atoms with E-state index in [1.54, 1.807) is 13.8 Å². The van der Waals surface area contributed by atoms with E-state index in [-0.39, 0.29) is 96.5 Å². The number of carbonyl (C=O) groups excluding carboxylic acids is 4. The average Bonchev–Trinajstić information content (AvgIpc) is 3.00. The minimum Gasteiger partial charge on any atom is -0.390 e. The van der Waals surface area contributed by atoms with Crippen LogP contribution in [0.2, 0.25) is 0 Å². The monoisotopic (exact) mass is 694 g/mol. The Labute approximate surface area is 280 Å². The predicted octanol–water partition coefficient (Wildman–Crippen LogP) is -3.60. The summed E-state index contributed by atoms with van der Waals surface area (Å²) < 4.78 is 32.6. The molecule has 0 bridgehead atoms. The molecule has 8 atom stereocenters. The third-order valence-electron chi connectivity index (χ3n) is 7.28. The van der Waals surface area contributed by atoms with E-state index < -0.39 is 54.7 Å². The van der Waals surface area contributed by atoms with Gasteiger partial charge in [-0.25, -0.2) is 0 Å². The van der Waals surface area contributed by atoms with Gasteiger partial charge in [-0.05, 0) is 20.8 Å². The summed E-state index contributed by atoms with van der Waals surface area (Å²) in [5.41, 5.74) is 0. The molecule has 0 aromatic heterocycles. The van der Waals surface area contributed by atoms with E-state index in [1.165, 1.54) is 11.8 Å². The van der Waals surface area contributed by atoms with E-state index in [0.717, 1.165) is 0 Å². The van der Waals surface area contributed by atoms with Gasteiger partial charge >= 0.3 is 0 Å². The van der Waals surface area contributed by atoms with Gasteiger partial charge < -0.3 is 64.8 Å². The molecule has 18 heteroatoms. The Bertz CT molecular complexity index is 926. The number of amides is 3. The van der Waals surface area contributed by atoms with Crippen LogP contribution in [0.3, 0.4) is 0 Å². The fraction of sp³-hybridized carbons (Fsp3) is 0.867. The number of Topliss-reactive ketones (excluding diaryl/α,β-unsaturated/α-hetero) is 1. The van der Waals surface area contributed by atoms with Crippen LogP contribution < -0.4 is 16.0 Å². The average molecular weight is 695 g/mol. The van der Waals surface area contributed by atoms with Gasteiger partial charge in [0, 0.05) is 38.9 Å². The summed E-state index contributed by atoms with van der Waals surface area (Å²) in [6, 6.07) is 0. The second kappa shape index (κ2) is 23.1. The molecule has 2 aliphatic heterocycles. The summed E-state index contributed by atoms with van der Waals surface area (Å²) in [5.74, 6) is -1.40. The van der Waals surface area contributed by atoms with Gasteiger partial charge in [-0.3, -0.25) is 24.1 Å². The molecular formula is C30H54N4O14. The summed E-state index contributed by atoms with van der Waals surface area (Å²) in [5, 5.41) is 47.8. The van der Waals surface area contributed by atoms with E-state index in [4.69, 9.17) is 28.4 Å². The van der Waals surface area contributed by atoms with Crippen LogP contribution in [-0.4, -0.2) is 177 Å². The van der Waals surface area contributed by atoms with Gasteiger partial charge in [0.1, 0.15) is 18.0 Å². The molecule has 0 radical (unpaired) electrons. The molecule has 2 saturated heterocycles. The first-order valence-corrected chi connectivity index (χ1v) is 16.3. The molecular weight excluding hydrogens is 640 g/mol. The maximum atomic E-state index is 12.7. The SMILES string of the molecule is CC(=O)CCOCCOCCNC(=O)CN(CC(=O)NCCO[C@@H]1O[C@@H](C)C[C@@H](O)[C@@H]1O)CC(=O)NCCO[C@@H]1O[C@@H](C)C[C@@H](O)[C@@H]1O. The Morgan fingerprint density at radius 3 is 1.46 bits per heavy atom. The Kier molecular flexibility index (Phi) is 20.1. The van der Waals surface area contributed by atoms with E-state index in [2.05, 4.69) is 16.0 Å². The lowest BCUT2D eigenvalue weighted by molar-refractivity contribution is -0.262. The van der Waals surface area contributed by atoms with Gasteiger partial charge in [-0.2, -0.15) is 0 Å². The van der Waals surface area contributed by atoms with E-state index >= 15 is 0 Å². The molecule has 2 aliphatic rings. The molecule has 2 rings (SSSR count). The molecule has 0 aromatic rings. The molecule has 0 spiro atoms. The normalized spacial score (nSPS) is 27.4. The molecule has 2 fully saturated rings. The van der Waals surface area contributed by atoms with Gasteiger partial charge in [-0.15, -0.1) is 0 Å². The number of nitrogens with one attached hydrogen (secondary N) is 3. The number of nitrogens with zero attached hydrogens (tertiary/aromatic N) is 1. The third-order valence-corrected chi connectivity index (χ3v) is 7.28. The van der Waals surface area contributed by atoms with Gasteiger partial charge in [0.2, 0.25) is 17.7 Å². The van der Waals surface area contributed by atoms with Crippen LogP contribution in [0.25, 0.3) is 0 Å². The van der Waals surface area contributed by atoms with Crippen LogP contribution in [0, 0.1) is 0 Å². The second-order valence-electron chi connectivity index (χ2n) is 11.8. The molecule has 278 valence electrons. The summed E-state index contributed by atoms with van der Waals surface area (Å²) in [6.07, 6.45) is -6.25. The van der Waals surface area contributed by atoms with Crippen LogP contribution in [0.4, 0.5) is 0 Å². The van der Waals surface area contributed by atoms with Crippen molar-refractivity contribution < 1.29 is 68.0 Å². The van der Waals surface area contributed by atoms with Crippen molar-refractivity contribution in [2.45, 2.75) is 89.2 Å². The zero-order valence-electron chi connectivity index (χ0n) is 28.0. The number of hydrogen-bond acceptors (Lipinski definition) is 15. The fourth-order valence-corrected chi connectivity index (χ4v) is 4.80. The van der Waals surface area contributed by atoms with Gasteiger partial charge in [0.15, 0.2) is 12.6 Å². The van der Waals surface area contributed by atoms with Crippen molar-refractivity contribution in [3.63, 3.8) is 0 Å². The van der Waals surface area contributed by atoms with E-state index in [0.29, 0.717) is 19.6 Å². The van der Waals surface area contributed by atoms with Crippen molar-refractivity contribution in [1.29, 1.82) is 0 Å². The highest BCUT2D eigenvalue weighted by molar-refractivity contribution is 5.84. The first-order valence-electron chi connectivity index (χ1n) is 16.3. The maximum absolute atomic E-state index is 12.7. The van der Waals surface area contributed by atoms with E-state index in [9.17, 15) is 39.6 Å². The molecule has 2 heterocycles. The van der Waals surface area contributed by atoms with Crippen molar-refractivity contribution in [2.75, 3.05) is 78.9 Å². The van der Waals surface area contributed by atoms with Crippen LogP contribution in [0.15, 0.2) is 0 Å². The van der Waals surface area contributed by atoms with Gasteiger partial charge in [0.05, 0.1) is 83.7 Å². The van der Waals surface area contributed by atoms with Crippen molar-refractivity contribution >= 4 is 23.5 Å². The van der Waals surface area contributed by atoms with E-state index in [1.807, 2.05) is 0 Å². The Hall–Kier alpha value is -2.36. The van der Waals surface area contributed by atoms with Gasteiger partial charge in [-0.1, -0.05) is 0 Å². The standard InChI is InChI=1S/C30H54N4O14/c1-19(35)4-8-43-12-13-44-9-5-31-24(38)16-34(17-25(39)32-6-10-45-29-27(41)22(36)14-20(2)47-29)18-26(40)33-7-11-46-30-28(42)23(37)15-21(3)48-30/h20-23,27-30,36-37,41-42H,4-18H2,1-3H3,(H,31,38)(H,32,39)(H,33,40)/t20-,21-,22+,23+,27-,28-,29+,30+/m0/s1. The number of rotatable bonds is 23. The summed E-state index contributed by atoms with van der Waals surface area (Å²) >= 11 is 0. The largest absolute Gasteiger partial charge is 0.390 e. The molecule has 0 unspecified atom stereocenters. The van der Waals surface area contributed by atoms with Gasteiger partial charge in [0.25, 0.3) is 0 Å². The molecule has 3 amide bonds. The fourth-order valence-electron chi connectivity index (χ4n) is 4.80. The Morgan fingerprint density at radius 1 is 0.646 bits per heavy atom. The van der Waals surface area contributed by atoms with Crippen molar-refractivity contribution in [3.8, 4) is 0 Å². The predicted molar refractivity (Wildman–Crippen MR) is 166 cm³/mol. The number of aliphatic hydroxyl groups excluding tert-OH is 4. The lowest BCUT2D eigenvalue weighted by atomic mass is 10.0. The summed E-state index contributed by atoms with van der Waals surface area (Å²) in [4.78, 5) is 50.2. The minimum absolute atomic E-state index is 0.0230. The van der Waals surface area contributed by atoms with Crippen molar-refractivity contribution in [2.24, 2.45) is 0 Å². The Balaban J connectivity index is 1.77. The molecule has 18 nitrogen and oxygen atoms in total. The lowest BCUT2D eigenvalue weighted by Crippen LogP contribution is -2.50. The van der Waals surface area contributed by atoms with Crippen LogP contribution in [0.5, 0.6) is 0 Å². The smallest absolute Gasteiger partial charge is 0.234 e. The highest BCUT2D eigenvalue weighted by Gasteiger charge is 2.36.